The maximum Gasteiger partial charge on any atom is 0.142 e. The van der Waals surface area contributed by atoms with Crippen molar-refractivity contribution in [2.45, 2.75) is 0 Å². The Morgan fingerprint density at radius 1 is 1.10 bits per heavy atom. The molecule has 0 N–H and O–H groups in total. The van der Waals surface area contributed by atoms with E-state index in [4.69, 9.17) is 0 Å². The molecular weight excluding hydrogens is 158 g/mol. The summed E-state index contributed by atoms with van der Waals surface area (Å²) in [4.78, 5) is 0. The van der Waals surface area contributed by atoms with Crippen molar-refractivity contribution < 1.29 is 13.0 Å². The van der Waals surface area contributed by atoms with Gasteiger partial charge in [0.25, 0.3) is 0 Å². The molecule has 0 bridgehead atoms. The van der Waals surface area contributed by atoms with Gasteiger partial charge < -0.3 is 4.18 Å². The number of hydrogen-bond donors (Lipinski definition) is 1. The van der Waals surface area contributed by atoms with E-state index in [-0.39, 0.29) is 5.75 Å². The van der Waals surface area contributed by atoms with E-state index in [2.05, 4.69) is 17.1 Å². The fourth-order valence-corrected chi connectivity index (χ4v) is 0.687. The number of thiol groups is 1. The quantitative estimate of drug-likeness (QED) is 0.492. The third-order valence-corrected chi connectivity index (χ3v) is 1.15. The molecule has 0 heterocycles. The predicted molar refractivity (Wildman–Crippen MR) is 36.0 cm³/mol. The zero-order chi connectivity index (χ0) is 7.56. The zero-order valence-corrected chi connectivity index (χ0v) is 5.74. The average molecular weight is 162 g/mol. The van der Waals surface area contributed by atoms with Crippen LogP contribution in [0.25, 0.3) is 0 Å². The normalized spacial score (nSPS) is 9.50. The second kappa shape index (κ2) is 2.88. The fourth-order valence-electron chi connectivity index (χ4n) is 0.581. The first kappa shape index (κ1) is 7.34. The third kappa shape index (κ3) is 1.60. The van der Waals surface area contributed by atoms with Crippen LogP contribution in [0, 0.1) is 11.6 Å². The zero-order valence-electron chi connectivity index (χ0n) is 4.84. The maximum atomic E-state index is 12.3. The Labute approximate surface area is 62.2 Å². The highest BCUT2D eigenvalue weighted by atomic mass is 32.1. The largest absolute Gasteiger partial charge is 0.429 e. The van der Waals surface area contributed by atoms with E-state index < -0.39 is 11.6 Å². The Hall–Kier alpha value is -0.770. The molecule has 0 radical (unpaired) electrons. The van der Waals surface area contributed by atoms with E-state index >= 15 is 0 Å². The lowest BCUT2D eigenvalue weighted by atomic mass is 10.3. The highest BCUT2D eigenvalue weighted by Gasteiger charge is 1.98. The molecule has 0 amide bonds. The molecular formula is C6H4F2OS. The summed E-state index contributed by atoms with van der Waals surface area (Å²) in [6.07, 6.45) is 0. The SMILES string of the molecule is Fc1cc(F)cc(OS)c1. The van der Waals surface area contributed by atoms with Crippen molar-refractivity contribution in [1.82, 2.24) is 0 Å². The summed E-state index contributed by atoms with van der Waals surface area (Å²) in [5, 5.41) is 0. The fraction of sp³-hybridized carbons (Fsp3) is 0. The molecule has 1 rings (SSSR count). The number of rotatable bonds is 1. The lowest BCUT2D eigenvalue weighted by Gasteiger charge is -1.96. The maximum absolute atomic E-state index is 12.3. The van der Waals surface area contributed by atoms with Gasteiger partial charge >= 0.3 is 0 Å². The van der Waals surface area contributed by atoms with Crippen LogP contribution in [0.3, 0.4) is 0 Å². The van der Waals surface area contributed by atoms with Crippen molar-refractivity contribution in [3.05, 3.63) is 29.8 Å². The van der Waals surface area contributed by atoms with Gasteiger partial charge in [0, 0.05) is 31.1 Å². The molecule has 1 aromatic rings. The predicted octanol–water partition coefficient (Wildman–Crippen LogP) is 2.19. The molecule has 4 heteroatoms. The molecule has 0 aromatic heterocycles. The smallest absolute Gasteiger partial charge is 0.142 e. The Kier molecular flexibility index (Phi) is 2.11. The first-order valence-electron chi connectivity index (χ1n) is 2.50. The molecule has 0 atom stereocenters. The summed E-state index contributed by atoms with van der Waals surface area (Å²) >= 11 is 3.37. The number of hydrogen-bond acceptors (Lipinski definition) is 2. The van der Waals surface area contributed by atoms with Crippen molar-refractivity contribution in [1.29, 1.82) is 0 Å². The minimum Gasteiger partial charge on any atom is -0.429 e. The van der Waals surface area contributed by atoms with E-state index in [0.717, 1.165) is 18.2 Å². The van der Waals surface area contributed by atoms with E-state index in [1.165, 1.54) is 0 Å². The molecule has 0 saturated carbocycles. The minimum absolute atomic E-state index is 0.0563. The second-order valence-electron chi connectivity index (χ2n) is 1.70. The van der Waals surface area contributed by atoms with Crippen molar-refractivity contribution >= 4 is 12.9 Å². The van der Waals surface area contributed by atoms with Gasteiger partial charge in [-0.2, -0.15) is 0 Å². The van der Waals surface area contributed by atoms with Crippen LogP contribution in [0.15, 0.2) is 18.2 Å². The molecule has 1 nitrogen and oxygen atoms in total. The van der Waals surface area contributed by atoms with Crippen LogP contribution in [0.2, 0.25) is 0 Å². The van der Waals surface area contributed by atoms with Gasteiger partial charge in [-0.25, -0.2) is 8.78 Å². The molecule has 1 aromatic carbocycles. The van der Waals surface area contributed by atoms with Gasteiger partial charge in [0.2, 0.25) is 0 Å². The topological polar surface area (TPSA) is 9.23 Å². The molecule has 0 fully saturated rings. The van der Waals surface area contributed by atoms with E-state index in [9.17, 15) is 8.78 Å². The van der Waals surface area contributed by atoms with Crippen molar-refractivity contribution in [2.24, 2.45) is 0 Å². The Morgan fingerprint density at radius 3 is 2.00 bits per heavy atom. The molecule has 0 unspecified atom stereocenters. The number of benzene rings is 1. The van der Waals surface area contributed by atoms with E-state index in [1.54, 1.807) is 0 Å². The molecule has 0 aliphatic heterocycles. The monoisotopic (exact) mass is 162 g/mol. The summed E-state index contributed by atoms with van der Waals surface area (Å²) in [6.45, 7) is 0. The van der Waals surface area contributed by atoms with Gasteiger partial charge in [0.1, 0.15) is 17.4 Å². The summed E-state index contributed by atoms with van der Waals surface area (Å²) in [6, 6.07) is 2.84. The third-order valence-electron chi connectivity index (χ3n) is 0.941. The van der Waals surface area contributed by atoms with Crippen LogP contribution < -0.4 is 4.18 Å². The van der Waals surface area contributed by atoms with Gasteiger partial charge in [-0.15, -0.1) is 0 Å². The van der Waals surface area contributed by atoms with Crippen molar-refractivity contribution in [3.8, 4) is 5.75 Å². The minimum atomic E-state index is -0.677. The molecule has 10 heavy (non-hydrogen) atoms. The Bertz CT molecular complexity index is 219. The van der Waals surface area contributed by atoms with Crippen molar-refractivity contribution in [3.63, 3.8) is 0 Å². The van der Waals surface area contributed by atoms with Crippen LogP contribution in [0.4, 0.5) is 8.78 Å². The molecule has 0 aliphatic carbocycles. The molecule has 0 aliphatic rings. The van der Waals surface area contributed by atoms with Crippen molar-refractivity contribution in [2.75, 3.05) is 0 Å². The molecule has 0 saturated heterocycles. The lowest BCUT2D eigenvalue weighted by molar-refractivity contribution is 0.561. The van der Waals surface area contributed by atoms with Crippen LogP contribution in [0.5, 0.6) is 5.75 Å². The van der Waals surface area contributed by atoms with Crippen LogP contribution >= 0.6 is 12.9 Å². The highest BCUT2D eigenvalue weighted by molar-refractivity contribution is 7.75. The Balaban J connectivity index is 3.06. The highest BCUT2D eigenvalue weighted by Crippen LogP contribution is 2.15. The van der Waals surface area contributed by atoms with Gasteiger partial charge in [0.05, 0.1) is 0 Å². The lowest BCUT2D eigenvalue weighted by Crippen LogP contribution is -1.81. The summed E-state index contributed by atoms with van der Waals surface area (Å²) in [5.74, 6) is -1.30. The van der Waals surface area contributed by atoms with Gasteiger partial charge in [-0.05, 0) is 0 Å². The Morgan fingerprint density at radius 2 is 1.60 bits per heavy atom. The summed E-state index contributed by atoms with van der Waals surface area (Å²) in [5.41, 5.74) is 0. The summed E-state index contributed by atoms with van der Waals surface area (Å²) < 4.78 is 28.8. The standard InChI is InChI=1S/C6H4F2OS/c7-4-1-5(8)3-6(2-4)9-10/h1-3,10H. The summed E-state index contributed by atoms with van der Waals surface area (Å²) in [7, 11) is 0. The average Bonchev–Trinajstić information content (AvgIpc) is 1.85. The first-order chi connectivity index (χ1) is 4.72. The molecule has 54 valence electrons. The van der Waals surface area contributed by atoms with Crippen LogP contribution in [0.1, 0.15) is 0 Å². The van der Waals surface area contributed by atoms with Crippen LogP contribution in [-0.2, 0) is 0 Å². The molecule has 0 spiro atoms. The van der Waals surface area contributed by atoms with Gasteiger partial charge in [0.15, 0.2) is 0 Å². The first-order valence-corrected chi connectivity index (χ1v) is 2.86. The van der Waals surface area contributed by atoms with E-state index in [1.807, 2.05) is 0 Å². The van der Waals surface area contributed by atoms with Crippen LogP contribution in [-0.4, -0.2) is 0 Å². The van der Waals surface area contributed by atoms with Gasteiger partial charge in [-0.3, -0.25) is 0 Å². The number of halogens is 2. The van der Waals surface area contributed by atoms with E-state index in [0.29, 0.717) is 0 Å². The van der Waals surface area contributed by atoms with Gasteiger partial charge in [-0.1, -0.05) is 0 Å². The second-order valence-corrected chi connectivity index (χ2v) is 1.88.